The first-order chi connectivity index (χ1) is 12.8. The van der Waals surface area contributed by atoms with Crippen LogP contribution in [0.25, 0.3) is 0 Å². The molecule has 0 unspecified atom stereocenters. The summed E-state index contributed by atoms with van der Waals surface area (Å²) >= 11 is 0. The van der Waals surface area contributed by atoms with Gasteiger partial charge in [-0.2, -0.15) is 5.26 Å². The minimum atomic E-state index is -1.42. The lowest BCUT2D eigenvalue weighted by Gasteiger charge is -2.22. The number of carbonyl (C=O) groups is 3. The Labute approximate surface area is 153 Å². The number of imide groups is 1. The van der Waals surface area contributed by atoms with Crippen molar-refractivity contribution >= 4 is 17.7 Å². The molecule has 8 heteroatoms. The van der Waals surface area contributed by atoms with Crippen LogP contribution in [-0.2, 0) is 10.3 Å². The molecule has 0 spiro atoms. The fourth-order valence-electron chi connectivity index (χ4n) is 2.86. The molecule has 1 atom stereocenters. The van der Waals surface area contributed by atoms with E-state index in [1.54, 1.807) is 0 Å². The van der Waals surface area contributed by atoms with Crippen LogP contribution in [0.5, 0.6) is 0 Å². The maximum Gasteiger partial charge on any atom is 0.325 e. The second-order valence-corrected chi connectivity index (χ2v) is 6.18. The molecule has 0 radical (unpaired) electrons. The van der Waals surface area contributed by atoms with Crippen molar-refractivity contribution in [1.82, 2.24) is 10.2 Å². The van der Waals surface area contributed by atoms with Crippen LogP contribution in [0.15, 0.2) is 42.5 Å². The van der Waals surface area contributed by atoms with E-state index >= 15 is 0 Å². The van der Waals surface area contributed by atoms with Gasteiger partial charge in [-0.25, -0.2) is 13.6 Å². The minimum absolute atomic E-state index is 0.387. The van der Waals surface area contributed by atoms with E-state index < -0.39 is 47.0 Å². The van der Waals surface area contributed by atoms with Crippen molar-refractivity contribution < 1.29 is 23.2 Å². The van der Waals surface area contributed by atoms with Crippen LogP contribution >= 0.6 is 0 Å². The van der Waals surface area contributed by atoms with Crippen LogP contribution < -0.4 is 5.32 Å². The van der Waals surface area contributed by atoms with Crippen molar-refractivity contribution in [3.63, 3.8) is 0 Å². The van der Waals surface area contributed by atoms with Crippen molar-refractivity contribution in [3.8, 4) is 6.07 Å². The molecular formula is C19H13F2N3O3. The highest BCUT2D eigenvalue weighted by molar-refractivity contribution is 6.11. The number of Topliss-reactive ketones (excluding diaryl/α,β-unsaturated/α-hetero) is 1. The third-order valence-electron chi connectivity index (χ3n) is 4.40. The quantitative estimate of drug-likeness (QED) is 0.662. The van der Waals surface area contributed by atoms with E-state index in [-0.39, 0.29) is 0 Å². The molecule has 1 saturated heterocycles. The zero-order valence-electron chi connectivity index (χ0n) is 14.1. The van der Waals surface area contributed by atoms with Gasteiger partial charge in [0, 0.05) is 6.07 Å². The van der Waals surface area contributed by atoms with Crippen molar-refractivity contribution in [2.75, 3.05) is 6.54 Å². The summed E-state index contributed by atoms with van der Waals surface area (Å²) in [6.45, 7) is 0.788. The van der Waals surface area contributed by atoms with E-state index in [0.717, 1.165) is 12.1 Å². The largest absolute Gasteiger partial charge is 0.325 e. The van der Waals surface area contributed by atoms with Crippen LogP contribution in [0.4, 0.5) is 13.6 Å². The lowest BCUT2D eigenvalue weighted by Crippen LogP contribution is -2.41. The molecule has 6 nitrogen and oxygen atoms in total. The lowest BCUT2D eigenvalue weighted by molar-refractivity contribution is -0.130. The molecule has 136 valence electrons. The van der Waals surface area contributed by atoms with E-state index in [1.165, 1.54) is 31.2 Å². The Morgan fingerprint density at radius 3 is 2.44 bits per heavy atom. The predicted octanol–water partition coefficient (Wildman–Crippen LogP) is 2.49. The van der Waals surface area contributed by atoms with Crippen molar-refractivity contribution in [2.24, 2.45) is 0 Å². The molecule has 2 aromatic carbocycles. The van der Waals surface area contributed by atoms with Crippen molar-refractivity contribution in [2.45, 2.75) is 12.5 Å². The second-order valence-electron chi connectivity index (χ2n) is 6.18. The third-order valence-corrected chi connectivity index (χ3v) is 4.40. The van der Waals surface area contributed by atoms with Crippen LogP contribution in [0.2, 0.25) is 0 Å². The number of nitrogens with zero attached hydrogens (tertiary/aromatic N) is 2. The third kappa shape index (κ3) is 3.15. The number of nitrogens with one attached hydrogen (secondary N) is 1. The molecular weight excluding hydrogens is 356 g/mol. The summed E-state index contributed by atoms with van der Waals surface area (Å²) in [7, 11) is 0. The number of urea groups is 1. The number of nitriles is 1. The summed E-state index contributed by atoms with van der Waals surface area (Å²) < 4.78 is 26.7. The Bertz CT molecular complexity index is 998. The first kappa shape index (κ1) is 18.2. The average molecular weight is 369 g/mol. The second kappa shape index (κ2) is 6.61. The number of rotatable bonds is 4. The molecule has 3 amide bonds. The highest BCUT2D eigenvalue weighted by Gasteiger charge is 2.49. The van der Waals surface area contributed by atoms with Gasteiger partial charge in [-0.3, -0.25) is 14.5 Å². The maximum atomic E-state index is 13.8. The van der Waals surface area contributed by atoms with Crippen LogP contribution in [-0.4, -0.2) is 29.2 Å². The molecule has 0 aromatic heterocycles. The minimum Gasteiger partial charge on any atom is -0.319 e. The fourth-order valence-corrected chi connectivity index (χ4v) is 2.86. The normalized spacial score (nSPS) is 19.0. The molecule has 27 heavy (non-hydrogen) atoms. The topological polar surface area (TPSA) is 90.3 Å². The Kier molecular flexibility index (Phi) is 4.45. The Morgan fingerprint density at radius 2 is 1.85 bits per heavy atom. The summed E-state index contributed by atoms with van der Waals surface area (Å²) in [6.07, 6.45) is 0. The standard InChI is InChI=1S/C19H13F2N3O3/c1-19(12-4-2-11(9-22)3-5-12)17(26)24(18(27)23-19)10-16(25)14-7-6-13(20)8-15(14)21/h2-8H,10H2,1H3,(H,23,27)/t19-/m1/s1. The molecule has 1 N–H and O–H groups in total. The van der Waals surface area contributed by atoms with E-state index in [0.29, 0.717) is 22.1 Å². The zero-order chi connectivity index (χ0) is 19.8. The van der Waals surface area contributed by atoms with E-state index in [1.807, 2.05) is 6.07 Å². The first-order valence-corrected chi connectivity index (χ1v) is 7.89. The van der Waals surface area contributed by atoms with Gasteiger partial charge in [0.1, 0.15) is 17.2 Å². The van der Waals surface area contributed by atoms with E-state index in [2.05, 4.69) is 5.32 Å². The van der Waals surface area contributed by atoms with Crippen LogP contribution in [0.3, 0.4) is 0 Å². The van der Waals surface area contributed by atoms with Gasteiger partial charge in [0.25, 0.3) is 5.91 Å². The average Bonchev–Trinajstić information content (AvgIpc) is 2.85. The lowest BCUT2D eigenvalue weighted by atomic mass is 9.91. The molecule has 1 aliphatic heterocycles. The number of hydrogen-bond donors (Lipinski definition) is 1. The van der Waals surface area contributed by atoms with Crippen molar-refractivity contribution in [1.29, 1.82) is 5.26 Å². The Morgan fingerprint density at radius 1 is 1.19 bits per heavy atom. The van der Waals surface area contributed by atoms with Gasteiger partial charge >= 0.3 is 6.03 Å². The van der Waals surface area contributed by atoms with E-state index in [9.17, 15) is 23.2 Å². The molecule has 0 bridgehead atoms. The summed E-state index contributed by atoms with van der Waals surface area (Å²) in [5.74, 6) is -3.43. The van der Waals surface area contributed by atoms with Crippen LogP contribution in [0, 0.1) is 23.0 Å². The summed E-state index contributed by atoms with van der Waals surface area (Å²) in [4.78, 5) is 38.0. The number of carbonyl (C=O) groups excluding carboxylic acids is 3. The molecule has 1 fully saturated rings. The molecule has 0 saturated carbocycles. The van der Waals surface area contributed by atoms with Crippen molar-refractivity contribution in [3.05, 3.63) is 70.8 Å². The Hall–Kier alpha value is -3.60. The van der Waals surface area contributed by atoms with Gasteiger partial charge < -0.3 is 5.32 Å². The molecule has 2 aromatic rings. The molecule has 0 aliphatic carbocycles. The molecule has 3 rings (SSSR count). The highest BCUT2D eigenvalue weighted by Crippen LogP contribution is 2.29. The number of amides is 3. The maximum absolute atomic E-state index is 13.8. The van der Waals surface area contributed by atoms with E-state index in [4.69, 9.17) is 5.26 Å². The molecule has 1 heterocycles. The molecule has 1 aliphatic rings. The summed E-state index contributed by atoms with van der Waals surface area (Å²) in [5, 5.41) is 11.4. The van der Waals surface area contributed by atoms with Crippen LogP contribution in [0.1, 0.15) is 28.4 Å². The first-order valence-electron chi connectivity index (χ1n) is 7.89. The van der Waals surface area contributed by atoms with Gasteiger partial charge in [-0.05, 0) is 36.8 Å². The Balaban J connectivity index is 1.85. The summed E-state index contributed by atoms with van der Waals surface area (Å²) in [6, 6.07) is 9.65. The van der Waals surface area contributed by atoms with Gasteiger partial charge in [0.2, 0.25) is 0 Å². The van der Waals surface area contributed by atoms with Gasteiger partial charge in [-0.15, -0.1) is 0 Å². The number of benzene rings is 2. The van der Waals surface area contributed by atoms with Gasteiger partial charge in [0.05, 0.1) is 23.7 Å². The smallest absolute Gasteiger partial charge is 0.319 e. The number of halogens is 2. The zero-order valence-corrected chi connectivity index (χ0v) is 14.1. The van der Waals surface area contributed by atoms with Gasteiger partial charge in [0.15, 0.2) is 5.78 Å². The monoisotopic (exact) mass is 369 g/mol. The SMILES string of the molecule is C[C@]1(c2ccc(C#N)cc2)NC(=O)N(CC(=O)c2ccc(F)cc2F)C1=O. The predicted molar refractivity (Wildman–Crippen MR) is 89.4 cm³/mol. The fraction of sp³-hybridized carbons (Fsp3) is 0.158. The summed E-state index contributed by atoms with van der Waals surface area (Å²) in [5.41, 5.74) is -1.02. The van der Waals surface area contributed by atoms with Gasteiger partial charge in [-0.1, -0.05) is 12.1 Å². The number of ketones is 1. The number of hydrogen-bond acceptors (Lipinski definition) is 4. The highest BCUT2D eigenvalue weighted by atomic mass is 19.1.